The average Bonchev–Trinajstić information content (AvgIpc) is 3.29. The Morgan fingerprint density at radius 3 is 2.57 bits per heavy atom. The molecular formula is C23H23ClN6O4S. The third-order valence-electron chi connectivity index (χ3n) is 5.92. The zero-order chi connectivity index (χ0) is 25.3. The molecule has 0 atom stereocenters. The van der Waals surface area contributed by atoms with E-state index in [0.29, 0.717) is 5.13 Å². The predicted molar refractivity (Wildman–Crippen MR) is 133 cm³/mol. The van der Waals surface area contributed by atoms with Gasteiger partial charge in [-0.2, -0.15) is 9.36 Å². The van der Waals surface area contributed by atoms with Crippen molar-refractivity contribution in [3.63, 3.8) is 0 Å². The molecule has 12 heteroatoms. The number of amides is 2. The number of carbonyl (C=O) groups excluding carboxylic acids is 2. The lowest BCUT2D eigenvalue weighted by Gasteiger charge is -2.49. The van der Waals surface area contributed by atoms with Gasteiger partial charge in [-0.3, -0.25) is 9.59 Å². The Labute approximate surface area is 210 Å². The fourth-order valence-electron chi connectivity index (χ4n) is 4.14. The number of nitrogens with one attached hydrogen (secondary N) is 2. The van der Waals surface area contributed by atoms with E-state index in [1.54, 1.807) is 0 Å². The molecule has 35 heavy (non-hydrogen) atoms. The van der Waals surface area contributed by atoms with Gasteiger partial charge in [0.2, 0.25) is 11.0 Å². The van der Waals surface area contributed by atoms with Crippen LogP contribution in [0.3, 0.4) is 0 Å². The number of anilines is 2. The molecule has 182 valence electrons. The van der Waals surface area contributed by atoms with Crippen molar-refractivity contribution < 1.29 is 19.5 Å². The molecule has 0 unspecified atom stereocenters. The summed E-state index contributed by atoms with van der Waals surface area (Å²) in [5, 5.41) is 15.1. The number of aromatic nitrogens is 3. The molecule has 2 amide bonds. The summed E-state index contributed by atoms with van der Waals surface area (Å²) in [6.07, 6.45) is 1.35. The Balaban J connectivity index is 1.72. The molecule has 0 spiro atoms. The quantitative estimate of drug-likeness (QED) is 0.409. The maximum atomic E-state index is 13.9. The van der Waals surface area contributed by atoms with Crippen LogP contribution in [0.2, 0.25) is 5.15 Å². The van der Waals surface area contributed by atoms with Gasteiger partial charge in [0.15, 0.2) is 0 Å². The lowest BCUT2D eigenvalue weighted by Crippen LogP contribution is -2.65. The van der Waals surface area contributed by atoms with Gasteiger partial charge in [0, 0.05) is 31.7 Å². The molecule has 1 aliphatic heterocycles. The third kappa shape index (κ3) is 4.56. The Hall–Kier alpha value is -3.57. The highest BCUT2D eigenvalue weighted by Gasteiger charge is 2.53. The smallest absolute Gasteiger partial charge is 0.375 e. The highest BCUT2D eigenvalue weighted by Crippen LogP contribution is 2.42. The largest absolute Gasteiger partial charge is 0.475 e. The molecule has 1 aliphatic rings. The van der Waals surface area contributed by atoms with E-state index in [9.17, 15) is 14.4 Å². The molecule has 4 rings (SSSR count). The summed E-state index contributed by atoms with van der Waals surface area (Å²) in [5.41, 5.74) is 1.33. The molecule has 0 aliphatic carbocycles. The number of carboxylic acid groups (broad SMARTS) is 1. The third-order valence-corrected chi connectivity index (χ3v) is 6.91. The first kappa shape index (κ1) is 24.6. The summed E-state index contributed by atoms with van der Waals surface area (Å²) in [7, 11) is 1.49. The number of hydrogen-bond acceptors (Lipinski definition) is 8. The lowest BCUT2D eigenvalue weighted by molar-refractivity contribution is -0.122. The van der Waals surface area contributed by atoms with E-state index in [4.69, 9.17) is 16.7 Å². The second-order valence-electron chi connectivity index (χ2n) is 8.47. The van der Waals surface area contributed by atoms with Gasteiger partial charge in [0.05, 0.1) is 17.4 Å². The van der Waals surface area contributed by atoms with Crippen LogP contribution in [0, 0.1) is 0 Å². The molecule has 1 saturated heterocycles. The Morgan fingerprint density at radius 2 is 1.94 bits per heavy atom. The minimum Gasteiger partial charge on any atom is -0.475 e. The van der Waals surface area contributed by atoms with E-state index in [1.165, 1.54) is 19.3 Å². The van der Waals surface area contributed by atoms with E-state index in [2.05, 4.69) is 38.8 Å². The normalized spacial score (nSPS) is 14.4. The lowest BCUT2D eigenvalue weighted by atomic mass is 9.70. The molecule has 0 bridgehead atoms. The predicted octanol–water partition coefficient (Wildman–Crippen LogP) is 3.16. The molecule has 2 aromatic heterocycles. The first-order valence-corrected chi connectivity index (χ1v) is 11.9. The van der Waals surface area contributed by atoms with Crippen LogP contribution in [0.25, 0.3) is 0 Å². The van der Waals surface area contributed by atoms with E-state index in [-0.39, 0.29) is 47.1 Å². The van der Waals surface area contributed by atoms with Gasteiger partial charge in [-0.1, -0.05) is 49.7 Å². The Bertz CT molecular complexity index is 1300. The van der Waals surface area contributed by atoms with Crippen LogP contribution in [0.15, 0.2) is 36.5 Å². The van der Waals surface area contributed by atoms with Crippen LogP contribution in [0.5, 0.6) is 0 Å². The van der Waals surface area contributed by atoms with Gasteiger partial charge < -0.3 is 20.6 Å². The van der Waals surface area contributed by atoms with E-state index in [0.717, 1.165) is 22.7 Å². The van der Waals surface area contributed by atoms with E-state index in [1.807, 2.05) is 29.2 Å². The van der Waals surface area contributed by atoms with Crippen LogP contribution in [0.1, 0.15) is 51.9 Å². The Morgan fingerprint density at radius 1 is 1.23 bits per heavy atom. The van der Waals surface area contributed by atoms with Crippen molar-refractivity contribution in [1.29, 1.82) is 0 Å². The van der Waals surface area contributed by atoms with Crippen LogP contribution in [-0.4, -0.2) is 57.4 Å². The molecule has 0 radical (unpaired) electrons. The number of pyridine rings is 1. The van der Waals surface area contributed by atoms with Crippen LogP contribution < -0.4 is 15.5 Å². The number of carboxylic acids is 1. The molecule has 1 aromatic carbocycles. The topological polar surface area (TPSA) is 137 Å². The van der Waals surface area contributed by atoms with Gasteiger partial charge in [0.1, 0.15) is 10.6 Å². The summed E-state index contributed by atoms with van der Waals surface area (Å²) in [6, 6.07) is 9.12. The van der Waals surface area contributed by atoms with Crippen molar-refractivity contribution in [2.24, 2.45) is 0 Å². The van der Waals surface area contributed by atoms with Gasteiger partial charge in [-0.05, 0) is 23.1 Å². The highest BCUT2D eigenvalue weighted by atomic mass is 35.5. The fourth-order valence-corrected chi connectivity index (χ4v) is 4.95. The summed E-state index contributed by atoms with van der Waals surface area (Å²) in [5.74, 6) is -2.06. The van der Waals surface area contributed by atoms with Crippen molar-refractivity contribution in [2.45, 2.75) is 25.2 Å². The van der Waals surface area contributed by atoms with Gasteiger partial charge in [0.25, 0.3) is 11.7 Å². The molecular weight excluding hydrogens is 492 g/mol. The number of benzene rings is 1. The van der Waals surface area contributed by atoms with Gasteiger partial charge in [-0.25, -0.2) is 9.78 Å². The molecule has 1 fully saturated rings. The van der Waals surface area contributed by atoms with E-state index >= 15 is 0 Å². The number of hydrogen-bond donors (Lipinski definition) is 3. The van der Waals surface area contributed by atoms with Gasteiger partial charge >= 0.3 is 5.97 Å². The summed E-state index contributed by atoms with van der Waals surface area (Å²) in [4.78, 5) is 47.4. The number of rotatable bonds is 7. The number of carbonyl (C=O) groups is 3. The Kier molecular flexibility index (Phi) is 6.73. The highest BCUT2D eigenvalue weighted by molar-refractivity contribution is 7.09. The minimum atomic E-state index is -1.21. The molecule has 3 aromatic rings. The first-order chi connectivity index (χ1) is 16.7. The zero-order valence-electron chi connectivity index (χ0n) is 19.2. The average molecular weight is 515 g/mol. The van der Waals surface area contributed by atoms with Crippen LogP contribution in [-0.2, 0) is 10.2 Å². The molecule has 3 heterocycles. The maximum absolute atomic E-state index is 13.9. The van der Waals surface area contributed by atoms with Crippen molar-refractivity contribution in [3.05, 3.63) is 64.2 Å². The molecule has 0 saturated carbocycles. The number of aromatic carboxylic acids is 1. The van der Waals surface area contributed by atoms with Crippen molar-refractivity contribution in [1.82, 2.24) is 19.7 Å². The minimum absolute atomic E-state index is 0.127. The van der Waals surface area contributed by atoms with Crippen molar-refractivity contribution >= 4 is 51.7 Å². The standard InChI is InChI=1S/C23H23ClN6O4S/c1-12(2)13-6-4-5-7-15(13)23(10-30(11-23)22-28-18(20(32)33)29-35-22)21(34)27-16-9-26-17(24)8-14(16)19(31)25-3/h4-9,12H,10-11H2,1-3H3,(H,25,31)(H,27,34)(H,32,33). The van der Waals surface area contributed by atoms with Crippen LogP contribution in [0.4, 0.5) is 10.8 Å². The summed E-state index contributed by atoms with van der Waals surface area (Å²) in [6.45, 7) is 4.62. The SMILES string of the molecule is CNC(=O)c1cc(Cl)ncc1NC(=O)C1(c2ccccc2C(C)C)CN(c2nc(C(=O)O)ns2)C1. The monoisotopic (exact) mass is 514 g/mol. The second kappa shape index (κ2) is 9.59. The second-order valence-corrected chi connectivity index (χ2v) is 9.59. The fraction of sp³-hybridized carbons (Fsp3) is 0.304. The molecule has 3 N–H and O–H groups in total. The van der Waals surface area contributed by atoms with Crippen LogP contribution >= 0.6 is 23.1 Å². The maximum Gasteiger partial charge on any atom is 0.375 e. The first-order valence-electron chi connectivity index (χ1n) is 10.8. The zero-order valence-corrected chi connectivity index (χ0v) is 20.8. The molecule has 10 nitrogen and oxygen atoms in total. The summed E-state index contributed by atoms with van der Waals surface area (Å²) < 4.78 is 3.87. The summed E-state index contributed by atoms with van der Waals surface area (Å²) >= 11 is 6.95. The van der Waals surface area contributed by atoms with Gasteiger partial charge in [-0.15, -0.1) is 0 Å². The van der Waals surface area contributed by atoms with Crippen molar-refractivity contribution in [2.75, 3.05) is 30.4 Å². The van der Waals surface area contributed by atoms with Crippen molar-refractivity contribution in [3.8, 4) is 0 Å². The number of halogens is 1. The van der Waals surface area contributed by atoms with E-state index < -0.39 is 17.3 Å². The number of nitrogens with zero attached hydrogens (tertiary/aromatic N) is 4.